The van der Waals surface area contributed by atoms with Crippen molar-refractivity contribution in [3.8, 4) is 0 Å². The van der Waals surface area contributed by atoms with Gasteiger partial charge in [-0.25, -0.2) is 4.79 Å². The Morgan fingerprint density at radius 2 is 2.12 bits per heavy atom. The minimum Gasteiger partial charge on any atom is -0.469 e. The Bertz CT molecular complexity index is 624. The molecule has 1 spiro atoms. The van der Waals surface area contributed by atoms with Crippen LogP contribution in [-0.4, -0.2) is 48.6 Å². The molecular formula is C18H25N3O3. The zero-order valence-corrected chi connectivity index (χ0v) is 14.4. The summed E-state index contributed by atoms with van der Waals surface area (Å²) in [6.07, 6.45) is 3.42. The summed E-state index contributed by atoms with van der Waals surface area (Å²) in [5.74, 6) is -0.0568. The fourth-order valence-corrected chi connectivity index (χ4v) is 3.68. The van der Waals surface area contributed by atoms with E-state index in [9.17, 15) is 9.59 Å². The minimum absolute atomic E-state index is 0.0206. The lowest BCUT2D eigenvalue weighted by atomic mass is 9.91. The highest BCUT2D eigenvalue weighted by atomic mass is 16.5. The molecule has 2 heterocycles. The number of carbonyl (C=O) groups is 2. The summed E-state index contributed by atoms with van der Waals surface area (Å²) in [7, 11) is 1.44. The molecule has 1 aliphatic heterocycles. The van der Waals surface area contributed by atoms with Crippen LogP contribution in [0.1, 0.15) is 30.7 Å². The van der Waals surface area contributed by atoms with Crippen molar-refractivity contribution in [3.05, 3.63) is 29.6 Å². The molecule has 1 unspecified atom stereocenters. The number of nitrogens with zero attached hydrogens (tertiary/aromatic N) is 2. The number of hydrogen-bond donors (Lipinski definition) is 1. The molecule has 24 heavy (non-hydrogen) atoms. The summed E-state index contributed by atoms with van der Waals surface area (Å²) in [5.41, 5.74) is 2.08. The van der Waals surface area contributed by atoms with E-state index in [1.807, 2.05) is 30.0 Å². The molecular weight excluding hydrogens is 306 g/mol. The van der Waals surface area contributed by atoms with Gasteiger partial charge in [-0.05, 0) is 43.7 Å². The maximum absolute atomic E-state index is 12.3. The smallest absolute Gasteiger partial charge is 0.317 e. The largest absolute Gasteiger partial charge is 0.469 e. The highest BCUT2D eigenvalue weighted by Crippen LogP contribution is 2.59. The third-order valence-corrected chi connectivity index (χ3v) is 5.33. The Labute approximate surface area is 142 Å². The van der Waals surface area contributed by atoms with Crippen molar-refractivity contribution in [3.63, 3.8) is 0 Å². The quantitative estimate of drug-likeness (QED) is 0.856. The van der Waals surface area contributed by atoms with Gasteiger partial charge in [0.05, 0.1) is 13.0 Å². The number of hydrogen-bond acceptors (Lipinski definition) is 4. The highest BCUT2D eigenvalue weighted by Gasteiger charge is 2.59. The van der Waals surface area contributed by atoms with Gasteiger partial charge in [0.2, 0.25) is 0 Å². The number of aryl methyl sites for hydroxylation is 1. The van der Waals surface area contributed by atoms with Crippen molar-refractivity contribution in [1.82, 2.24) is 15.2 Å². The second-order valence-corrected chi connectivity index (χ2v) is 6.88. The van der Waals surface area contributed by atoms with Gasteiger partial charge in [0.15, 0.2) is 0 Å². The van der Waals surface area contributed by atoms with Crippen molar-refractivity contribution in [2.75, 3.05) is 26.7 Å². The van der Waals surface area contributed by atoms with Crippen molar-refractivity contribution in [2.45, 2.75) is 32.6 Å². The van der Waals surface area contributed by atoms with Crippen LogP contribution in [0.2, 0.25) is 0 Å². The normalized spacial score (nSPS) is 21.4. The molecule has 0 radical (unpaired) electrons. The number of pyridine rings is 1. The molecule has 130 valence electrons. The molecule has 1 saturated heterocycles. The Morgan fingerprint density at radius 1 is 1.38 bits per heavy atom. The fraction of sp³-hybridized carbons (Fsp3) is 0.611. The average molecular weight is 331 g/mol. The Kier molecular flexibility index (Phi) is 4.73. The number of methoxy groups -OCH3 is 1. The molecule has 0 aromatic carbocycles. The van der Waals surface area contributed by atoms with Crippen LogP contribution >= 0.6 is 0 Å². The molecule has 2 aliphatic rings. The Balaban J connectivity index is 1.41. The van der Waals surface area contributed by atoms with Gasteiger partial charge in [0, 0.05) is 37.4 Å². The number of aromatic nitrogens is 1. The molecule has 2 fully saturated rings. The average Bonchev–Trinajstić information content (AvgIpc) is 3.28. The summed E-state index contributed by atoms with van der Waals surface area (Å²) in [5, 5.41) is 2.97. The monoisotopic (exact) mass is 331 g/mol. The van der Waals surface area contributed by atoms with Crippen molar-refractivity contribution in [2.24, 2.45) is 11.3 Å². The lowest BCUT2D eigenvalue weighted by Crippen LogP contribution is -2.45. The van der Waals surface area contributed by atoms with E-state index in [1.165, 1.54) is 7.11 Å². The van der Waals surface area contributed by atoms with Gasteiger partial charge in [0.1, 0.15) is 0 Å². The van der Waals surface area contributed by atoms with Gasteiger partial charge in [0.25, 0.3) is 0 Å². The maximum atomic E-state index is 12.3. The summed E-state index contributed by atoms with van der Waals surface area (Å²) in [6, 6.07) is 5.90. The Morgan fingerprint density at radius 3 is 2.79 bits per heavy atom. The molecule has 1 atom stereocenters. The van der Waals surface area contributed by atoms with Crippen LogP contribution in [0.5, 0.6) is 0 Å². The number of piperidine rings is 1. The molecule has 6 nitrogen and oxygen atoms in total. The number of amides is 2. The highest BCUT2D eigenvalue weighted by molar-refractivity contribution is 5.77. The van der Waals surface area contributed by atoms with Crippen LogP contribution in [0.3, 0.4) is 0 Å². The SMILES string of the molecule is COC(=O)C1CC12CCN(C(=O)NCCc1cccc(C)n1)CC2. The second kappa shape index (κ2) is 6.79. The molecule has 1 aromatic rings. The van der Waals surface area contributed by atoms with E-state index in [-0.39, 0.29) is 23.3 Å². The molecule has 0 bridgehead atoms. The van der Waals surface area contributed by atoms with Gasteiger partial charge in [-0.15, -0.1) is 0 Å². The van der Waals surface area contributed by atoms with Gasteiger partial charge in [-0.2, -0.15) is 0 Å². The number of ether oxygens (including phenoxy) is 1. The first kappa shape index (κ1) is 16.7. The predicted octanol–water partition coefficient (Wildman–Crippen LogP) is 1.92. The summed E-state index contributed by atoms with van der Waals surface area (Å²) >= 11 is 0. The van der Waals surface area contributed by atoms with Crippen LogP contribution < -0.4 is 5.32 Å². The first-order valence-corrected chi connectivity index (χ1v) is 8.57. The van der Waals surface area contributed by atoms with Crippen molar-refractivity contribution in [1.29, 1.82) is 0 Å². The summed E-state index contributed by atoms with van der Waals surface area (Å²) in [4.78, 5) is 30.2. The van der Waals surface area contributed by atoms with Gasteiger partial charge < -0.3 is 15.0 Å². The number of carbonyl (C=O) groups excluding carboxylic acids is 2. The lowest BCUT2D eigenvalue weighted by Gasteiger charge is -2.32. The van der Waals surface area contributed by atoms with E-state index in [0.717, 1.165) is 37.1 Å². The van der Waals surface area contributed by atoms with Crippen LogP contribution in [0.15, 0.2) is 18.2 Å². The van der Waals surface area contributed by atoms with Gasteiger partial charge in [-0.1, -0.05) is 6.07 Å². The predicted molar refractivity (Wildman–Crippen MR) is 89.4 cm³/mol. The molecule has 3 rings (SSSR count). The first-order chi connectivity index (χ1) is 11.5. The number of esters is 1. The van der Waals surface area contributed by atoms with Gasteiger partial charge >= 0.3 is 12.0 Å². The minimum atomic E-state index is -0.0986. The van der Waals surface area contributed by atoms with E-state index in [4.69, 9.17) is 4.74 Å². The summed E-state index contributed by atoms with van der Waals surface area (Å²) in [6.45, 7) is 3.97. The maximum Gasteiger partial charge on any atom is 0.317 e. The Hall–Kier alpha value is -2.11. The first-order valence-electron chi connectivity index (χ1n) is 8.57. The molecule has 1 N–H and O–H groups in total. The van der Waals surface area contributed by atoms with Crippen LogP contribution in [0.25, 0.3) is 0 Å². The van der Waals surface area contributed by atoms with Crippen molar-refractivity contribution >= 4 is 12.0 Å². The van der Waals surface area contributed by atoms with Gasteiger partial charge in [-0.3, -0.25) is 9.78 Å². The topological polar surface area (TPSA) is 71.5 Å². The molecule has 2 amide bonds. The third-order valence-electron chi connectivity index (χ3n) is 5.33. The van der Waals surface area contributed by atoms with E-state index < -0.39 is 0 Å². The number of urea groups is 1. The molecule has 1 aliphatic carbocycles. The van der Waals surface area contributed by atoms with E-state index in [1.54, 1.807) is 0 Å². The van der Waals surface area contributed by atoms with E-state index >= 15 is 0 Å². The number of nitrogens with one attached hydrogen (secondary N) is 1. The molecule has 6 heteroatoms. The summed E-state index contributed by atoms with van der Waals surface area (Å²) < 4.78 is 4.84. The van der Waals surface area contributed by atoms with Crippen LogP contribution in [-0.2, 0) is 16.0 Å². The number of likely N-dealkylation sites (tertiary alicyclic amines) is 1. The van der Waals surface area contributed by atoms with Crippen LogP contribution in [0, 0.1) is 18.3 Å². The van der Waals surface area contributed by atoms with E-state index in [2.05, 4.69) is 10.3 Å². The standard InChI is InChI=1S/C18H25N3O3/c1-13-4-3-5-14(20-13)6-9-19-17(23)21-10-7-18(8-11-21)12-15(18)16(22)24-2/h3-5,15H,6-12H2,1-2H3,(H,19,23). The lowest BCUT2D eigenvalue weighted by molar-refractivity contribution is -0.143. The van der Waals surface area contributed by atoms with E-state index in [0.29, 0.717) is 19.6 Å². The number of rotatable bonds is 4. The molecule has 1 aromatic heterocycles. The zero-order valence-electron chi connectivity index (χ0n) is 14.4. The van der Waals surface area contributed by atoms with Crippen LogP contribution in [0.4, 0.5) is 4.79 Å². The fourth-order valence-electron chi connectivity index (χ4n) is 3.68. The zero-order chi connectivity index (χ0) is 17.2. The van der Waals surface area contributed by atoms with Crippen molar-refractivity contribution < 1.29 is 14.3 Å². The third kappa shape index (κ3) is 3.52. The second-order valence-electron chi connectivity index (χ2n) is 6.88. The molecule has 1 saturated carbocycles.